The molecule has 8 N–H and O–H groups in total. The summed E-state index contributed by atoms with van der Waals surface area (Å²) in [6.07, 6.45) is 3.63. The molecule has 0 bridgehead atoms. The molecule has 2 aromatic rings. The van der Waals surface area contributed by atoms with Crippen molar-refractivity contribution < 1.29 is 9.53 Å². The second-order valence-corrected chi connectivity index (χ2v) is 8.73. The Kier molecular flexibility index (Phi) is 5.38. The third-order valence-corrected chi connectivity index (χ3v) is 6.71. The van der Waals surface area contributed by atoms with Gasteiger partial charge in [-0.1, -0.05) is 12.1 Å². The normalized spacial score (nSPS) is 34.4. The van der Waals surface area contributed by atoms with Crippen molar-refractivity contribution in [3.8, 4) is 0 Å². The molecule has 4 unspecified atom stereocenters. The number of para-hydroxylation sites is 1. The van der Waals surface area contributed by atoms with Crippen LogP contribution in [0.1, 0.15) is 18.4 Å². The van der Waals surface area contributed by atoms with Crippen LogP contribution in [0.15, 0.2) is 24.4 Å². The minimum absolute atomic E-state index is 0.0203. The molecule has 4 heterocycles. The largest absolute Gasteiger partial charge is 0.380 e. The number of benzene rings is 1. The molecule has 3 fully saturated rings. The van der Waals surface area contributed by atoms with Crippen LogP contribution in [0.3, 0.4) is 0 Å². The number of carbonyl (C=O) groups excluding carboxylic acids is 1. The average molecular weight is 414 g/mol. The molecule has 5 rings (SSSR count). The number of fused-ring (bicyclic) bond motifs is 2. The zero-order valence-corrected chi connectivity index (χ0v) is 17.2. The van der Waals surface area contributed by atoms with Gasteiger partial charge in [-0.25, -0.2) is 5.43 Å². The summed E-state index contributed by atoms with van der Waals surface area (Å²) < 4.78 is 5.48. The lowest BCUT2D eigenvalue weighted by atomic mass is 9.80. The molecular weight excluding hydrogens is 382 g/mol. The molecule has 30 heavy (non-hydrogen) atoms. The van der Waals surface area contributed by atoms with E-state index in [1.165, 1.54) is 10.9 Å². The number of nitrogens with one attached hydrogen (secondary N) is 6. The van der Waals surface area contributed by atoms with Gasteiger partial charge in [-0.3, -0.25) is 20.9 Å². The van der Waals surface area contributed by atoms with E-state index in [0.29, 0.717) is 6.61 Å². The van der Waals surface area contributed by atoms with Crippen LogP contribution in [0.4, 0.5) is 5.69 Å². The number of piperidine rings is 1. The van der Waals surface area contributed by atoms with Gasteiger partial charge in [0.1, 0.15) is 0 Å². The van der Waals surface area contributed by atoms with Crippen LogP contribution in [0.5, 0.6) is 0 Å². The van der Waals surface area contributed by atoms with Crippen LogP contribution in [0.2, 0.25) is 0 Å². The van der Waals surface area contributed by atoms with Gasteiger partial charge >= 0.3 is 0 Å². The predicted molar refractivity (Wildman–Crippen MR) is 115 cm³/mol. The Balaban J connectivity index is 1.39. The highest BCUT2D eigenvalue weighted by Crippen LogP contribution is 2.31. The number of anilines is 1. The summed E-state index contributed by atoms with van der Waals surface area (Å²) in [7, 11) is 0. The summed E-state index contributed by atoms with van der Waals surface area (Å²) in [4.78, 5) is 16.1. The summed E-state index contributed by atoms with van der Waals surface area (Å²) in [5, 5.41) is 12.1. The van der Waals surface area contributed by atoms with E-state index in [4.69, 9.17) is 10.5 Å². The fraction of sp³-hybridized carbons (Fsp3) is 0.571. The van der Waals surface area contributed by atoms with Crippen molar-refractivity contribution in [2.75, 3.05) is 25.1 Å². The van der Waals surface area contributed by atoms with Crippen LogP contribution in [-0.4, -0.2) is 55.1 Å². The van der Waals surface area contributed by atoms with Crippen molar-refractivity contribution in [3.63, 3.8) is 0 Å². The van der Waals surface area contributed by atoms with E-state index in [-0.39, 0.29) is 42.2 Å². The van der Waals surface area contributed by atoms with Gasteiger partial charge in [0.2, 0.25) is 5.91 Å². The number of H-pyrrole nitrogens is 1. The molecule has 1 aromatic heterocycles. The van der Waals surface area contributed by atoms with Crippen molar-refractivity contribution in [2.24, 2.45) is 17.6 Å². The Morgan fingerprint density at radius 3 is 3.07 bits per heavy atom. The number of aryl methyl sites for hydroxylation is 1. The number of hydrogen-bond donors (Lipinski definition) is 7. The number of nitrogens with two attached hydrogens (primary N) is 1. The van der Waals surface area contributed by atoms with Gasteiger partial charge in [0, 0.05) is 36.8 Å². The predicted octanol–water partition coefficient (Wildman–Crippen LogP) is 0.106. The van der Waals surface area contributed by atoms with Crippen molar-refractivity contribution in [1.82, 2.24) is 26.5 Å². The Morgan fingerprint density at radius 1 is 1.30 bits per heavy atom. The molecule has 6 atom stereocenters. The molecule has 9 nitrogen and oxygen atoms in total. The number of carbonyl (C=O) groups is 1. The van der Waals surface area contributed by atoms with Gasteiger partial charge in [0.25, 0.3) is 0 Å². The quantitative estimate of drug-likeness (QED) is 0.379. The third kappa shape index (κ3) is 3.67. The minimum atomic E-state index is -0.200. The maximum absolute atomic E-state index is 12.7. The molecule has 1 amide bonds. The standard InChI is InChI=1S/C21H31N7O2/c1-11-8-23-19-13(11)3-2-4-16(19)26-20-18-12(9-24-28-21(18)29)7-17(27-20)25-15-5-6-30-10-14(15)22/h2-4,8,12,14-15,17-18,20,23-27H,5-7,9-10,22H2,1H3,(H,28,29)/t12?,14-,15+,17?,18?,20?/m0/s1. The molecule has 162 valence electrons. The highest BCUT2D eigenvalue weighted by atomic mass is 16.5. The summed E-state index contributed by atoms with van der Waals surface area (Å²) >= 11 is 0. The zero-order chi connectivity index (χ0) is 20.7. The number of aromatic amines is 1. The molecule has 9 heteroatoms. The Bertz CT molecular complexity index is 916. The second-order valence-electron chi connectivity index (χ2n) is 8.73. The number of rotatable bonds is 4. The van der Waals surface area contributed by atoms with Crippen LogP contribution in [0, 0.1) is 18.8 Å². The number of amides is 1. The maximum Gasteiger partial charge on any atom is 0.240 e. The fourth-order valence-corrected chi connectivity index (χ4v) is 5.09. The van der Waals surface area contributed by atoms with Gasteiger partial charge in [-0.05, 0) is 37.3 Å². The van der Waals surface area contributed by atoms with E-state index < -0.39 is 0 Å². The van der Waals surface area contributed by atoms with Crippen molar-refractivity contribution in [1.29, 1.82) is 0 Å². The lowest BCUT2D eigenvalue weighted by Gasteiger charge is -2.46. The van der Waals surface area contributed by atoms with Crippen LogP contribution >= 0.6 is 0 Å². The molecule has 0 spiro atoms. The van der Waals surface area contributed by atoms with E-state index in [1.807, 2.05) is 12.3 Å². The molecule has 3 aliphatic rings. The van der Waals surface area contributed by atoms with E-state index in [2.05, 4.69) is 50.8 Å². The monoisotopic (exact) mass is 413 g/mol. The number of ether oxygens (including phenoxy) is 1. The lowest BCUT2D eigenvalue weighted by molar-refractivity contribution is -0.133. The number of aromatic nitrogens is 1. The smallest absolute Gasteiger partial charge is 0.240 e. The van der Waals surface area contributed by atoms with Gasteiger partial charge in [-0.15, -0.1) is 0 Å². The van der Waals surface area contributed by atoms with Crippen LogP contribution in [0.25, 0.3) is 10.9 Å². The molecule has 3 saturated heterocycles. The topological polar surface area (TPSA) is 128 Å². The first-order valence-electron chi connectivity index (χ1n) is 10.8. The van der Waals surface area contributed by atoms with Crippen molar-refractivity contribution in [3.05, 3.63) is 30.0 Å². The van der Waals surface area contributed by atoms with Gasteiger partial charge < -0.3 is 20.8 Å². The second kappa shape index (κ2) is 8.16. The first-order valence-corrected chi connectivity index (χ1v) is 10.8. The molecular formula is C21H31N7O2. The first kappa shape index (κ1) is 19.8. The first-order chi connectivity index (χ1) is 14.6. The van der Waals surface area contributed by atoms with E-state index in [9.17, 15) is 4.79 Å². The highest BCUT2D eigenvalue weighted by molar-refractivity contribution is 5.93. The zero-order valence-electron chi connectivity index (χ0n) is 17.2. The maximum atomic E-state index is 12.7. The Labute approximate surface area is 175 Å². The Morgan fingerprint density at radius 2 is 2.20 bits per heavy atom. The fourth-order valence-electron chi connectivity index (χ4n) is 5.09. The van der Waals surface area contributed by atoms with E-state index in [1.54, 1.807) is 0 Å². The summed E-state index contributed by atoms with van der Waals surface area (Å²) in [6.45, 7) is 4.15. The number of hydrazine groups is 1. The SMILES string of the molecule is Cc1c[nH]c2c(NC3NC(N[C@@H]4CCOC[C@@H]4N)CC4CNNC(=O)C43)cccc12. The Hall–Kier alpha value is -2.17. The summed E-state index contributed by atoms with van der Waals surface area (Å²) in [5.74, 6) is 0.0712. The lowest BCUT2D eigenvalue weighted by Crippen LogP contribution is -2.69. The average Bonchev–Trinajstić information content (AvgIpc) is 3.12. The highest BCUT2D eigenvalue weighted by Gasteiger charge is 2.44. The molecule has 0 saturated carbocycles. The van der Waals surface area contributed by atoms with Gasteiger partial charge in [-0.2, -0.15) is 0 Å². The van der Waals surface area contributed by atoms with Crippen molar-refractivity contribution in [2.45, 2.75) is 44.2 Å². The molecule has 3 aliphatic heterocycles. The van der Waals surface area contributed by atoms with E-state index in [0.717, 1.165) is 37.2 Å². The summed E-state index contributed by atoms with van der Waals surface area (Å²) in [6, 6.07) is 6.39. The molecule has 1 aromatic carbocycles. The molecule has 0 aliphatic carbocycles. The van der Waals surface area contributed by atoms with Crippen molar-refractivity contribution >= 4 is 22.5 Å². The number of hydrogen-bond acceptors (Lipinski definition) is 7. The minimum Gasteiger partial charge on any atom is -0.380 e. The van der Waals surface area contributed by atoms with Crippen LogP contribution < -0.4 is 32.5 Å². The van der Waals surface area contributed by atoms with E-state index >= 15 is 0 Å². The van der Waals surface area contributed by atoms with Gasteiger partial charge in [0.15, 0.2) is 0 Å². The summed E-state index contributed by atoms with van der Waals surface area (Å²) in [5.41, 5.74) is 15.4. The van der Waals surface area contributed by atoms with Gasteiger partial charge in [0.05, 0.1) is 36.1 Å². The van der Waals surface area contributed by atoms with Crippen LogP contribution in [-0.2, 0) is 9.53 Å². The third-order valence-electron chi connectivity index (χ3n) is 6.71. The molecule has 0 radical (unpaired) electrons.